The second-order valence-electron chi connectivity index (χ2n) is 10.1. The number of phenolic OH excluding ortho intramolecular Hbond substituents is 3. The number of phenols is 3. The summed E-state index contributed by atoms with van der Waals surface area (Å²) >= 11 is 0. The first-order chi connectivity index (χ1) is 18.2. The zero-order chi connectivity index (χ0) is 27.1. The van der Waals surface area contributed by atoms with E-state index in [1.165, 1.54) is 24.8 Å². The summed E-state index contributed by atoms with van der Waals surface area (Å²) in [7, 11) is 7.03. The van der Waals surface area contributed by atoms with E-state index < -0.39 is 12.1 Å². The Bertz CT molecular complexity index is 1360. The number of ether oxygens (including phenoxy) is 3. The number of aromatic hydroxyl groups is 3. The van der Waals surface area contributed by atoms with Crippen LogP contribution in [0.5, 0.6) is 40.2 Å². The van der Waals surface area contributed by atoms with Gasteiger partial charge in [-0.05, 0) is 79.5 Å². The van der Waals surface area contributed by atoms with Crippen LogP contribution in [0, 0.1) is 0 Å². The van der Waals surface area contributed by atoms with Crippen LogP contribution in [0.1, 0.15) is 40.0 Å². The Balaban J connectivity index is 1.65. The summed E-state index contributed by atoms with van der Waals surface area (Å²) in [5.41, 5.74) is 4.23. The van der Waals surface area contributed by atoms with Gasteiger partial charge in [0.05, 0.1) is 26.4 Å². The summed E-state index contributed by atoms with van der Waals surface area (Å²) in [6.07, 6.45) is 0.454. The van der Waals surface area contributed by atoms with Crippen LogP contribution in [0.15, 0.2) is 36.4 Å². The lowest BCUT2D eigenvalue weighted by molar-refractivity contribution is 0.0541. The number of fused-ring (bicyclic) bond motifs is 2. The standard InChI is InChI=1S/C29H34N2O7/c1-30-9-7-16-12-22(36-3)23(14-19(16)15-30)38-29-25-17(13-24(37-4)28(29)35)8-10-31(2)26(25)27(34)18-5-6-20(32)21(33)11-18/h5-6,11-14,26-27,32-35H,7-10,15H2,1-4H3. The summed E-state index contributed by atoms with van der Waals surface area (Å²) in [6.45, 7) is 2.37. The largest absolute Gasteiger partial charge is 0.504 e. The van der Waals surface area contributed by atoms with Gasteiger partial charge in [-0.2, -0.15) is 0 Å². The SMILES string of the molecule is COc1cc2c(cc1Oc1c(O)c(OC)cc3c1C(C(O)c1ccc(O)c(O)c1)N(C)CC3)CN(C)CC2. The van der Waals surface area contributed by atoms with Gasteiger partial charge >= 0.3 is 0 Å². The molecule has 202 valence electrons. The van der Waals surface area contributed by atoms with Crippen LogP contribution in [0.4, 0.5) is 0 Å². The molecule has 4 N–H and O–H groups in total. The highest BCUT2D eigenvalue weighted by Crippen LogP contribution is 2.52. The molecule has 0 radical (unpaired) electrons. The summed E-state index contributed by atoms with van der Waals surface area (Å²) < 4.78 is 17.6. The molecule has 0 aromatic heterocycles. The Morgan fingerprint density at radius 1 is 0.816 bits per heavy atom. The van der Waals surface area contributed by atoms with Gasteiger partial charge in [-0.1, -0.05) is 6.07 Å². The highest BCUT2D eigenvalue weighted by Gasteiger charge is 2.37. The number of aliphatic hydroxyl groups excluding tert-OH is 1. The molecule has 0 amide bonds. The monoisotopic (exact) mass is 522 g/mol. The number of likely N-dealkylation sites (N-methyl/N-ethyl adjacent to an activating group) is 2. The molecule has 2 unspecified atom stereocenters. The maximum Gasteiger partial charge on any atom is 0.201 e. The van der Waals surface area contributed by atoms with E-state index in [1.807, 2.05) is 24.1 Å². The van der Waals surface area contributed by atoms with Crippen molar-refractivity contribution in [2.45, 2.75) is 31.5 Å². The van der Waals surface area contributed by atoms with E-state index in [4.69, 9.17) is 14.2 Å². The van der Waals surface area contributed by atoms with E-state index in [0.29, 0.717) is 35.6 Å². The molecule has 3 aromatic carbocycles. The van der Waals surface area contributed by atoms with E-state index in [9.17, 15) is 20.4 Å². The van der Waals surface area contributed by atoms with Gasteiger partial charge in [0.1, 0.15) is 0 Å². The van der Waals surface area contributed by atoms with Crippen molar-refractivity contribution in [1.82, 2.24) is 9.80 Å². The van der Waals surface area contributed by atoms with Crippen LogP contribution in [0.3, 0.4) is 0 Å². The van der Waals surface area contributed by atoms with Gasteiger partial charge in [0.2, 0.25) is 5.75 Å². The zero-order valence-electron chi connectivity index (χ0n) is 22.1. The average Bonchev–Trinajstić information content (AvgIpc) is 2.90. The molecule has 5 rings (SSSR count). The molecule has 0 aliphatic carbocycles. The van der Waals surface area contributed by atoms with Crippen molar-refractivity contribution < 1.29 is 34.6 Å². The number of rotatable bonds is 6. The molecule has 38 heavy (non-hydrogen) atoms. The predicted octanol–water partition coefficient (Wildman–Crippen LogP) is 3.86. The minimum atomic E-state index is -1.10. The first-order valence-electron chi connectivity index (χ1n) is 12.6. The van der Waals surface area contributed by atoms with Crippen LogP contribution in [-0.4, -0.2) is 71.6 Å². The molecule has 0 bridgehead atoms. The second kappa shape index (κ2) is 10.2. The molecule has 0 fully saturated rings. The predicted molar refractivity (Wildman–Crippen MR) is 142 cm³/mol. The van der Waals surface area contributed by atoms with Gasteiger partial charge in [0.25, 0.3) is 0 Å². The lowest BCUT2D eigenvalue weighted by atomic mass is 9.85. The molecular weight excluding hydrogens is 488 g/mol. The summed E-state index contributed by atoms with van der Waals surface area (Å²) in [5.74, 6) is 0.693. The van der Waals surface area contributed by atoms with Crippen LogP contribution < -0.4 is 14.2 Å². The Morgan fingerprint density at radius 3 is 2.21 bits per heavy atom. The minimum absolute atomic E-state index is 0.177. The van der Waals surface area contributed by atoms with Gasteiger partial charge in [0.15, 0.2) is 34.5 Å². The molecule has 2 aliphatic rings. The summed E-state index contributed by atoms with van der Waals surface area (Å²) in [4.78, 5) is 4.21. The smallest absolute Gasteiger partial charge is 0.201 e. The molecular formula is C29H34N2O7. The topological polar surface area (TPSA) is 115 Å². The first-order valence-corrected chi connectivity index (χ1v) is 12.6. The quantitative estimate of drug-likeness (QED) is 0.358. The molecule has 0 saturated heterocycles. The van der Waals surface area contributed by atoms with Crippen molar-refractivity contribution in [3.8, 4) is 40.2 Å². The van der Waals surface area contributed by atoms with Gasteiger partial charge in [0, 0.05) is 25.2 Å². The Hall–Kier alpha value is -3.66. The maximum absolute atomic E-state index is 11.5. The van der Waals surface area contributed by atoms with Crippen LogP contribution >= 0.6 is 0 Å². The number of hydrogen-bond donors (Lipinski definition) is 4. The van der Waals surface area contributed by atoms with Crippen molar-refractivity contribution in [2.75, 3.05) is 41.4 Å². The molecule has 0 saturated carbocycles. The highest BCUT2D eigenvalue weighted by molar-refractivity contribution is 5.63. The van der Waals surface area contributed by atoms with E-state index in [1.54, 1.807) is 19.2 Å². The fourth-order valence-electron chi connectivity index (χ4n) is 5.50. The second-order valence-corrected chi connectivity index (χ2v) is 10.1. The van der Waals surface area contributed by atoms with Crippen LogP contribution in [0.2, 0.25) is 0 Å². The van der Waals surface area contributed by atoms with Gasteiger partial charge < -0.3 is 39.5 Å². The minimum Gasteiger partial charge on any atom is -0.504 e. The number of methoxy groups -OCH3 is 2. The molecule has 9 heteroatoms. The number of aliphatic hydroxyl groups is 1. The molecule has 9 nitrogen and oxygen atoms in total. The Kier molecular flexibility index (Phi) is 7.00. The first kappa shape index (κ1) is 26.0. The van der Waals surface area contributed by atoms with E-state index >= 15 is 0 Å². The normalized spacial score (nSPS) is 18.4. The van der Waals surface area contributed by atoms with Crippen molar-refractivity contribution in [3.63, 3.8) is 0 Å². The van der Waals surface area contributed by atoms with Gasteiger partial charge in [-0.15, -0.1) is 0 Å². The zero-order valence-corrected chi connectivity index (χ0v) is 22.1. The lowest BCUT2D eigenvalue weighted by Crippen LogP contribution is -2.36. The Labute approximate surface area is 222 Å². The van der Waals surface area contributed by atoms with Crippen molar-refractivity contribution >= 4 is 0 Å². The average molecular weight is 523 g/mol. The van der Waals surface area contributed by atoms with E-state index in [2.05, 4.69) is 11.9 Å². The van der Waals surface area contributed by atoms with E-state index in [0.717, 1.165) is 30.6 Å². The van der Waals surface area contributed by atoms with E-state index in [-0.39, 0.29) is 28.7 Å². The Morgan fingerprint density at radius 2 is 1.50 bits per heavy atom. The van der Waals surface area contributed by atoms with Crippen LogP contribution in [-0.2, 0) is 19.4 Å². The van der Waals surface area contributed by atoms with Gasteiger partial charge in [-0.25, -0.2) is 0 Å². The maximum atomic E-state index is 11.5. The molecule has 2 heterocycles. The third-order valence-electron chi connectivity index (χ3n) is 7.61. The highest BCUT2D eigenvalue weighted by atomic mass is 16.5. The fourth-order valence-corrected chi connectivity index (χ4v) is 5.50. The molecule has 2 atom stereocenters. The third kappa shape index (κ3) is 4.57. The number of benzene rings is 3. The fraction of sp³-hybridized carbons (Fsp3) is 0.379. The molecule has 3 aromatic rings. The van der Waals surface area contributed by atoms with Gasteiger partial charge in [-0.3, -0.25) is 4.90 Å². The molecule has 0 spiro atoms. The van der Waals surface area contributed by atoms with Crippen molar-refractivity contribution in [1.29, 1.82) is 0 Å². The van der Waals surface area contributed by atoms with Crippen molar-refractivity contribution in [3.05, 3.63) is 64.2 Å². The summed E-state index contributed by atoms with van der Waals surface area (Å²) in [5, 5.41) is 42.7. The number of hydrogen-bond acceptors (Lipinski definition) is 9. The molecule has 2 aliphatic heterocycles. The third-order valence-corrected chi connectivity index (χ3v) is 7.61. The van der Waals surface area contributed by atoms with Crippen LogP contribution in [0.25, 0.3) is 0 Å². The lowest BCUT2D eigenvalue weighted by Gasteiger charge is -2.39. The summed E-state index contributed by atoms with van der Waals surface area (Å²) in [6, 6.07) is 9.34. The number of nitrogens with zero attached hydrogens (tertiary/aromatic N) is 2. The van der Waals surface area contributed by atoms with Crippen molar-refractivity contribution in [2.24, 2.45) is 0 Å².